The van der Waals surface area contributed by atoms with Gasteiger partial charge < -0.3 is 31.1 Å². The van der Waals surface area contributed by atoms with Crippen molar-refractivity contribution in [2.45, 2.75) is 37.6 Å². The van der Waals surface area contributed by atoms with Crippen LogP contribution in [0.4, 0.5) is 10.1 Å². The zero-order chi connectivity index (χ0) is 33.0. The second-order valence-corrected chi connectivity index (χ2v) is 12.5. The van der Waals surface area contributed by atoms with Crippen LogP contribution in [0.2, 0.25) is 0 Å². The van der Waals surface area contributed by atoms with Crippen LogP contribution in [0.5, 0.6) is 5.75 Å². The van der Waals surface area contributed by atoms with Gasteiger partial charge in [-0.3, -0.25) is 24.2 Å². The molecule has 0 radical (unpaired) electrons. The molecule has 6 N–H and O–H groups in total. The number of anilines is 1. The Kier molecular flexibility index (Phi) is 8.51. The Bertz CT molecular complexity index is 1620. The second-order valence-electron chi connectivity index (χ2n) is 12.5. The number of halogens is 1. The Morgan fingerprint density at radius 3 is 2.31 bits per heavy atom. The molecule has 240 valence electrons. The van der Waals surface area contributed by atoms with Crippen LogP contribution < -0.4 is 10.6 Å². The standard InChI is InChI=1S/C33H39FN4O7/c1-36(2)22-14-19(16-38(11-10-34)15-17-8-6-5-7-9-17)27(39)24-20(22)12-18-13-21-26(37(3)4)29(41)25(32(35)44)31(43)33(21,45)30(42)23(18)28(24)40/h5-9,14,18,21,26,39,41-42,45H,10-13,15-16H2,1-4H3,(H2,35,44)/t18-,21-,26-,33-/m0/s1. The molecule has 0 saturated carbocycles. The maximum absolute atomic E-state index is 14.3. The minimum atomic E-state index is -2.71. The van der Waals surface area contributed by atoms with Gasteiger partial charge in [0, 0.05) is 56.5 Å². The third-order valence-corrected chi connectivity index (χ3v) is 9.30. The molecule has 0 fully saturated rings. The van der Waals surface area contributed by atoms with E-state index in [1.54, 1.807) is 39.2 Å². The Labute approximate surface area is 260 Å². The molecule has 0 spiro atoms. The van der Waals surface area contributed by atoms with Crippen molar-refractivity contribution in [3.05, 3.63) is 81.3 Å². The van der Waals surface area contributed by atoms with Crippen LogP contribution >= 0.6 is 0 Å². The number of nitrogens with zero attached hydrogens (tertiary/aromatic N) is 3. The number of aliphatic hydroxyl groups is 3. The van der Waals surface area contributed by atoms with Gasteiger partial charge in [0.1, 0.15) is 29.5 Å². The average molecular weight is 623 g/mol. The van der Waals surface area contributed by atoms with E-state index in [-0.39, 0.29) is 42.8 Å². The molecule has 2 aromatic carbocycles. The molecule has 0 unspecified atom stereocenters. The molecule has 4 atom stereocenters. The lowest BCUT2D eigenvalue weighted by atomic mass is 9.58. The molecular formula is C33H39FN4O7. The van der Waals surface area contributed by atoms with Gasteiger partial charge in [0.05, 0.1) is 11.6 Å². The van der Waals surface area contributed by atoms with E-state index in [0.717, 1.165) is 5.56 Å². The first-order valence-corrected chi connectivity index (χ1v) is 14.8. The van der Waals surface area contributed by atoms with Crippen molar-refractivity contribution in [3.8, 4) is 5.75 Å². The number of nitrogens with two attached hydrogens (primary N) is 1. The summed E-state index contributed by atoms with van der Waals surface area (Å²) in [7, 11) is 6.76. The molecule has 2 aromatic rings. The molecular weight excluding hydrogens is 583 g/mol. The molecule has 0 heterocycles. The van der Waals surface area contributed by atoms with Crippen LogP contribution in [0.3, 0.4) is 0 Å². The molecule has 3 aliphatic carbocycles. The quantitative estimate of drug-likeness (QED) is 0.262. The average Bonchev–Trinajstić information content (AvgIpc) is 2.96. The number of alkyl halides is 1. The highest BCUT2D eigenvalue weighted by Crippen LogP contribution is 2.53. The maximum atomic E-state index is 14.3. The molecule has 1 amide bonds. The van der Waals surface area contributed by atoms with Gasteiger partial charge >= 0.3 is 0 Å². The van der Waals surface area contributed by atoms with Crippen LogP contribution in [0.1, 0.15) is 33.5 Å². The molecule has 0 aromatic heterocycles. The van der Waals surface area contributed by atoms with Crippen molar-refractivity contribution < 1.29 is 39.2 Å². The lowest BCUT2D eigenvalue weighted by Gasteiger charge is -2.50. The third kappa shape index (κ3) is 5.16. The number of carbonyl (C=O) groups is 3. The summed E-state index contributed by atoms with van der Waals surface area (Å²) in [5, 5.41) is 46.0. The van der Waals surface area contributed by atoms with E-state index in [2.05, 4.69) is 0 Å². The van der Waals surface area contributed by atoms with Gasteiger partial charge in [-0.2, -0.15) is 0 Å². The van der Waals surface area contributed by atoms with Gasteiger partial charge in [-0.1, -0.05) is 30.3 Å². The number of allylic oxidation sites excluding steroid dienone is 1. The van der Waals surface area contributed by atoms with Crippen LogP contribution in [0, 0.1) is 11.8 Å². The van der Waals surface area contributed by atoms with Crippen molar-refractivity contribution in [3.63, 3.8) is 0 Å². The SMILES string of the molecule is CN(C)c1cc(CN(CCF)Cc2ccccc2)c(O)c2c1C[C@H]1C[C@H]3[C@H](N(C)C)C(O)=C(C(N)=O)C(=O)[C@@]3(O)C(O)=C1C2=O. The topological polar surface area (TPSA) is 168 Å². The van der Waals surface area contributed by atoms with Crippen molar-refractivity contribution >= 4 is 23.2 Å². The first-order valence-electron chi connectivity index (χ1n) is 14.8. The zero-order valence-corrected chi connectivity index (χ0v) is 25.7. The third-order valence-electron chi connectivity index (χ3n) is 9.30. The summed E-state index contributed by atoms with van der Waals surface area (Å²) in [4.78, 5) is 45.2. The number of phenolic OH excluding ortho intramolecular Hbond substituents is 1. The molecule has 11 nitrogen and oxygen atoms in total. The zero-order valence-electron chi connectivity index (χ0n) is 25.7. The van der Waals surface area contributed by atoms with Gasteiger partial charge in [0.2, 0.25) is 5.78 Å². The molecule has 45 heavy (non-hydrogen) atoms. The summed E-state index contributed by atoms with van der Waals surface area (Å²) >= 11 is 0. The number of aliphatic hydroxyl groups excluding tert-OH is 2. The monoisotopic (exact) mass is 622 g/mol. The Hall–Kier alpha value is -4.26. The maximum Gasteiger partial charge on any atom is 0.255 e. The highest BCUT2D eigenvalue weighted by molar-refractivity contribution is 6.25. The second kappa shape index (κ2) is 11.9. The minimum absolute atomic E-state index is 0.00248. The van der Waals surface area contributed by atoms with Gasteiger partial charge in [-0.15, -0.1) is 0 Å². The van der Waals surface area contributed by atoms with Crippen LogP contribution in [0.15, 0.2) is 59.1 Å². The fourth-order valence-electron chi connectivity index (χ4n) is 7.29. The number of phenols is 1. The Balaban J connectivity index is 1.64. The van der Waals surface area contributed by atoms with Crippen LogP contribution in [-0.4, -0.2) is 101 Å². The predicted octanol–water partition coefficient (Wildman–Crippen LogP) is 2.16. The summed E-state index contributed by atoms with van der Waals surface area (Å²) < 4.78 is 13.6. The van der Waals surface area contributed by atoms with Crippen molar-refractivity contribution in [2.24, 2.45) is 17.6 Å². The number of amides is 1. The van der Waals surface area contributed by atoms with E-state index < -0.39 is 64.7 Å². The fourth-order valence-corrected chi connectivity index (χ4v) is 7.29. The number of Topliss-reactive ketones (excluding diaryl/α,β-unsaturated/α-hetero) is 2. The fraction of sp³-hybridized carbons (Fsp3) is 0.424. The van der Waals surface area contributed by atoms with E-state index in [9.17, 15) is 39.2 Å². The normalized spacial score (nSPS) is 24.6. The van der Waals surface area contributed by atoms with Gasteiger partial charge in [-0.05, 0) is 50.0 Å². The number of aromatic hydroxyl groups is 1. The summed E-state index contributed by atoms with van der Waals surface area (Å²) in [6.45, 7) is -0.0372. The largest absolute Gasteiger partial charge is 0.510 e. The number of fused-ring (bicyclic) bond motifs is 3. The van der Waals surface area contributed by atoms with E-state index in [4.69, 9.17) is 5.73 Å². The predicted molar refractivity (Wildman–Crippen MR) is 165 cm³/mol. The van der Waals surface area contributed by atoms with Gasteiger partial charge in [0.25, 0.3) is 5.91 Å². The first kappa shape index (κ1) is 32.1. The highest BCUT2D eigenvalue weighted by atomic mass is 19.1. The number of rotatable bonds is 9. The Morgan fingerprint density at radius 2 is 1.73 bits per heavy atom. The molecule has 0 saturated heterocycles. The summed E-state index contributed by atoms with van der Waals surface area (Å²) in [6, 6.07) is 10.2. The Morgan fingerprint density at radius 1 is 1.07 bits per heavy atom. The number of carbonyl (C=O) groups excluding carboxylic acids is 3. The smallest absolute Gasteiger partial charge is 0.255 e. The van der Waals surface area contributed by atoms with E-state index >= 15 is 0 Å². The van der Waals surface area contributed by atoms with E-state index in [0.29, 0.717) is 23.4 Å². The number of hydrogen-bond acceptors (Lipinski definition) is 10. The molecule has 3 aliphatic rings. The lowest BCUT2D eigenvalue weighted by molar-refractivity contribution is -0.148. The molecule has 5 rings (SSSR count). The summed E-state index contributed by atoms with van der Waals surface area (Å²) in [6.07, 6.45) is 0.177. The van der Waals surface area contributed by atoms with Gasteiger partial charge in [-0.25, -0.2) is 4.39 Å². The molecule has 12 heteroatoms. The number of likely N-dealkylation sites (N-methyl/N-ethyl adjacent to an activating group) is 1. The van der Waals surface area contributed by atoms with Crippen molar-refractivity contribution in [1.82, 2.24) is 9.80 Å². The van der Waals surface area contributed by atoms with Crippen molar-refractivity contribution in [1.29, 1.82) is 0 Å². The lowest BCUT2D eigenvalue weighted by Crippen LogP contribution is -2.63. The number of benzene rings is 2. The number of ketones is 2. The first-order chi connectivity index (χ1) is 21.2. The van der Waals surface area contributed by atoms with Gasteiger partial charge in [0.15, 0.2) is 11.4 Å². The number of primary amides is 1. The minimum Gasteiger partial charge on any atom is -0.510 e. The highest BCUT2D eigenvalue weighted by Gasteiger charge is 2.63. The van der Waals surface area contributed by atoms with E-state index in [1.165, 1.54) is 4.90 Å². The van der Waals surface area contributed by atoms with Crippen LogP contribution in [-0.2, 0) is 29.1 Å². The summed E-state index contributed by atoms with van der Waals surface area (Å²) in [5.74, 6) is -6.97. The van der Waals surface area contributed by atoms with Crippen molar-refractivity contribution in [2.75, 3.05) is 46.3 Å². The molecule has 0 bridgehead atoms. The summed E-state index contributed by atoms with van der Waals surface area (Å²) in [5.41, 5.74) is 4.04. The number of hydrogen-bond donors (Lipinski definition) is 5. The molecule has 0 aliphatic heterocycles. The van der Waals surface area contributed by atoms with Crippen LogP contribution in [0.25, 0.3) is 0 Å². The van der Waals surface area contributed by atoms with E-state index in [1.807, 2.05) is 35.2 Å².